The van der Waals surface area contributed by atoms with Gasteiger partial charge in [-0.3, -0.25) is 14.6 Å². The average Bonchev–Trinajstić information content (AvgIpc) is 3.11. The number of aliphatic hydroxyl groups is 1. The highest BCUT2D eigenvalue weighted by Gasteiger charge is 2.56. The van der Waals surface area contributed by atoms with Gasteiger partial charge in [-0.05, 0) is 30.5 Å². The Balaban J connectivity index is 1.28. The number of carbonyl (C=O) groups is 1. The molecule has 5 nitrogen and oxygen atoms in total. The van der Waals surface area contributed by atoms with Gasteiger partial charge in [-0.1, -0.05) is 48.5 Å². The van der Waals surface area contributed by atoms with Gasteiger partial charge in [0.05, 0.1) is 11.6 Å². The van der Waals surface area contributed by atoms with Crippen molar-refractivity contribution in [3.05, 3.63) is 71.8 Å². The highest BCUT2D eigenvalue weighted by Crippen LogP contribution is 2.39. The molecule has 5 rings (SSSR count). The molecule has 1 N–H and O–H groups in total. The van der Waals surface area contributed by atoms with Gasteiger partial charge in [0.25, 0.3) is 5.91 Å². The van der Waals surface area contributed by atoms with Gasteiger partial charge in [-0.25, -0.2) is 0 Å². The van der Waals surface area contributed by atoms with Crippen molar-refractivity contribution in [1.29, 1.82) is 0 Å². The van der Waals surface area contributed by atoms with Crippen LogP contribution in [0.5, 0.6) is 0 Å². The van der Waals surface area contributed by atoms with E-state index in [0.717, 1.165) is 57.7 Å². The summed E-state index contributed by atoms with van der Waals surface area (Å²) in [6.07, 6.45) is 1.54. The number of rotatable bonds is 4. The Kier molecular flexibility index (Phi) is 4.90. The summed E-state index contributed by atoms with van der Waals surface area (Å²) in [5.41, 5.74) is 2.11. The Hall–Kier alpha value is -2.21. The summed E-state index contributed by atoms with van der Waals surface area (Å²) in [4.78, 5) is 20.1. The summed E-state index contributed by atoms with van der Waals surface area (Å²) >= 11 is 0. The van der Waals surface area contributed by atoms with Crippen molar-refractivity contribution >= 4 is 5.91 Å². The minimum absolute atomic E-state index is 0.0124. The van der Waals surface area contributed by atoms with E-state index < -0.39 is 0 Å². The molecule has 5 heteroatoms. The van der Waals surface area contributed by atoms with Crippen molar-refractivity contribution in [2.75, 3.05) is 39.3 Å². The van der Waals surface area contributed by atoms with E-state index in [1.165, 1.54) is 5.56 Å². The Morgan fingerprint density at radius 1 is 0.966 bits per heavy atom. The van der Waals surface area contributed by atoms with Gasteiger partial charge < -0.3 is 10.0 Å². The fraction of sp³-hybridized carbons (Fsp3) is 0.458. The largest absolute Gasteiger partial charge is 0.392 e. The minimum Gasteiger partial charge on any atom is -0.392 e. The maximum Gasteiger partial charge on any atom is 0.253 e. The van der Waals surface area contributed by atoms with Crippen LogP contribution in [-0.2, 0) is 6.42 Å². The van der Waals surface area contributed by atoms with Crippen molar-refractivity contribution in [2.24, 2.45) is 0 Å². The van der Waals surface area contributed by atoms with Gasteiger partial charge in [-0.15, -0.1) is 0 Å². The van der Waals surface area contributed by atoms with E-state index in [2.05, 4.69) is 40.1 Å². The van der Waals surface area contributed by atoms with Crippen LogP contribution in [0.3, 0.4) is 0 Å². The topological polar surface area (TPSA) is 47.0 Å². The Morgan fingerprint density at radius 3 is 2.38 bits per heavy atom. The molecule has 0 saturated carbocycles. The van der Waals surface area contributed by atoms with Crippen LogP contribution in [0.15, 0.2) is 60.7 Å². The van der Waals surface area contributed by atoms with Crippen LogP contribution in [0.4, 0.5) is 0 Å². The molecule has 2 aromatic carbocycles. The summed E-state index contributed by atoms with van der Waals surface area (Å²) < 4.78 is 0. The second kappa shape index (κ2) is 7.56. The molecule has 1 amide bonds. The predicted octanol–water partition coefficient (Wildman–Crippen LogP) is 1.87. The van der Waals surface area contributed by atoms with Crippen LogP contribution in [0, 0.1) is 0 Å². The quantitative estimate of drug-likeness (QED) is 0.865. The third-order valence-corrected chi connectivity index (χ3v) is 6.82. The van der Waals surface area contributed by atoms with Crippen molar-refractivity contribution in [3.8, 4) is 0 Å². The molecule has 0 unspecified atom stereocenters. The molecule has 152 valence electrons. The van der Waals surface area contributed by atoms with Gasteiger partial charge in [0.15, 0.2) is 0 Å². The molecule has 3 aliphatic heterocycles. The minimum atomic E-state index is -0.276. The average molecular weight is 392 g/mol. The Bertz CT molecular complexity index is 851. The number of likely N-dealkylation sites (tertiary alicyclic amines) is 1. The van der Waals surface area contributed by atoms with Gasteiger partial charge in [0, 0.05) is 50.9 Å². The first-order valence-electron chi connectivity index (χ1n) is 10.7. The Morgan fingerprint density at radius 2 is 1.66 bits per heavy atom. The molecule has 3 saturated heterocycles. The fourth-order valence-corrected chi connectivity index (χ4v) is 5.49. The summed E-state index contributed by atoms with van der Waals surface area (Å²) in [5, 5.41) is 10.3. The first-order valence-corrected chi connectivity index (χ1v) is 10.7. The molecular weight excluding hydrogens is 362 g/mol. The zero-order valence-corrected chi connectivity index (χ0v) is 16.8. The molecule has 0 radical (unpaired) electrons. The van der Waals surface area contributed by atoms with Crippen LogP contribution in [-0.4, -0.2) is 82.7 Å². The number of hydrogen-bond donors (Lipinski definition) is 1. The van der Waals surface area contributed by atoms with E-state index in [-0.39, 0.29) is 23.6 Å². The van der Waals surface area contributed by atoms with Gasteiger partial charge >= 0.3 is 0 Å². The van der Waals surface area contributed by atoms with Crippen LogP contribution in [0.1, 0.15) is 22.3 Å². The van der Waals surface area contributed by atoms with E-state index in [4.69, 9.17) is 0 Å². The number of aliphatic hydroxyl groups excluding tert-OH is 1. The predicted molar refractivity (Wildman–Crippen MR) is 113 cm³/mol. The molecule has 3 fully saturated rings. The number of β-amino-alcohol motifs (C(OH)–C–C–N with tert-alkyl or cyclic N) is 1. The monoisotopic (exact) mass is 391 g/mol. The molecule has 3 heterocycles. The van der Waals surface area contributed by atoms with E-state index in [0.29, 0.717) is 0 Å². The summed E-state index contributed by atoms with van der Waals surface area (Å²) in [7, 11) is 0. The summed E-state index contributed by atoms with van der Waals surface area (Å²) in [6.45, 7) is 5.20. The molecule has 29 heavy (non-hydrogen) atoms. The molecule has 3 aliphatic rings. The lowest BCUT2D eigenvalue weighted by Gasteiger charge is -2.61. The smallest absolute Gasteiger partial charge is 0.253 e. The molecule has 2 aromatic rings. The standard InChI is InChI=1S/C24H29N3O2/c28-22-13-21-14-26(23(29)20-9-5-2-6-10-20)18-24(27(21)15-22)16-25(17-24)12-11-19-7-3-1-4-8-19/h1-10,21-22,28H,11-18H2/t21-,22-/m1/s1. The maximum absolute atomic E-state index is 13.1. The third-order valence-electron chi connectivity index (χ3n) is 6.82. The fourth-order valence-electron chi connectivity index (χ4n) is 5.49. The molecular formula is C24H29N3O2. The van der Waals surface area contributed by atoms with Crippen molar-refractivity contribution < 1.29 is 9.90 Å². The lowest BCUT2D eigenvalue weighted by Crippen LogP contribution is -2.78. The van der Waals surface area contributed by atoms with E-state index >= 15 is 0 Å². The molecule has 0 aliphatic carbocycles. The molecule has 2 atom stereocenters. The number of carbonyl (C=O) groups excluding carboxylic acids is 1. The lowest BCUT2D eigenvalue weighted by molar-refractivity contribution is -0.105. The van der Waals surface area contributed by atoms with Gasteiger partial charge in [-0.2, -0.15) is 0 Å². The number of fused-ring (bicyclic) bond motifs is 2. The third kappa shape index (κ3) is 3.59. The van der Waals surface area contributed by atoms with Crippen molar-refractivity contribution in [3.63, 3.8) is 0 Å². The highest BCUT2D eigenvalue weighted by molar-refractivity contribution is 5.94. The van der Waals surface area contributed by atoms with Crippen molar-refractivity contribution in [1.82, 2.24) is 14.7 Å². The number of piperazine rings is 1. The maximum atomic E-state index is 13.1. The van der Waals surface area contributed by atoms with Crippen LogP contribution in [0.25, 0.3) is 0 Å². The highest BCUT2D eigenvalue weighted by atomic mass is 16.3. The van der Waals surface area contributed by atoms with E-state index in [9.17, 15) is 9.90 Å². The zero-order valence-electron chi connectivity index (χ0n) is 16.8. The zero-order chi connectivity index (χ0) is 19.8. The number of nitrogens with zero attached hydrogens (tertiary/aromatic N) is 3. The second-order valence-corrected chi connectivity index (χ2v) is 8.92. The second-order valence-electron chi connectivity index (χ2n) is 8.92. The first-order chi connectivity index (χ1) is 14.1. The van der Waals surface area contributed by atoms with Gasteiger partial charge in [0.2, 0.25) is 0 Å². The summed E-state index contributed by atoms with van der Waals surface area (Å²) in [6, 6.07) is 20.5. The molecule has 1 spiro atoms. The number of amides is 1. The Labute approximate surface area is 172 Å². The summed E-state index contributed by atoms with van der Waals surface area (Å²) in [5.74, 6) is 0.119. The SMILES string of the molecule is O=C(c1ccccc1)N1C[C@H]2C[C@@H](O)CN2C2(CN(CCc3ccccc3)C2)C1. The van der Waals surface area contributed by atoms with Crippen LogP contribution >= 0.6 is 0 Å². The van der Waals surface area contributed by atoms with E-state index in [1.54, 1.807) is 0 Å². The lowest BCUT2D eigenvalue weighted by atomic mass is 9.83. The van der Waals surface area contributed by atoms with E-state index in [1.807, 2.05) is 35.2 Å². The molecule has 0 bridgehead atoms. The first kappa shape index (κ1) is 18.8. The number of hydrogen-bond acceptors (Lipinski definition) is 4. The van der Waals surface area contributed by atoms with Crippen molar-refractivity contribution in [2.45, 2.75) is 30.5 Å². The van der Waals surface area contributed by atoms with Crippen LogP contribution in [0.2, 0.25) is 0 Å². The van der Waals surface area contributed by atoms with Crippen LogP contribution < -0.4 is 0 Å². The normalized spacial score (nSPS) is 26.3. The van der Waals surface area contributed by atoms with Gasteiger partial charge in [0.1, 0.15) is 0 Å². The molecule has 0 aromatic heterocycles. The number of benzene rings is 2.